The second-order valence-electron chi connectivity index (χ2n) is 5.89. The fraction of sp³-hybridized carbons (Fsp3) is 0.333. The molecule has 3 N–H and O–H groups in total. The van der Waals surface area contributed by atoms with Crippen LogP contribution in [0.5, 0.6) is 0 Å². The van der Waals surface area contributed by atoms with Crippen molar-refractivity contribution in [3.63, 3.8) is 0 Å². The van der Waals surface area contributed by atoms with Gasteiger partial charge in [-0.2, -0.15) is 0 Å². The third-order valence-electron chi connectivity index (χ3n) is 4.05. The molecule has 2 heterocycles. The second kappa shape index (κ2) is 7.79. The Morgan fingerprint density at radius 2 is 1.88 bits per heavy atom. The van der Waals surface area contributed by atoms with Crippen molar-refractivity contribution < 1.29 is 14.0 Å². The van der Waals surface area contributed by atoms with Gasteiger partial charge in [0.15, 0.2) is 5.76 Å². The second-order valence-corrected chi connectivity index (χ2v) is 5.89. The van der Waals surface area contributed by atoms with E-state index in [-0.39, 0.29) is 17.6 Å². The van der Waals surface area contributed by atoms with Crippen LogP contribution in [0.15, 0.2) is 47.1 Å². The zero-order valence-corrected chi connectivity index (χ0v) is 13.4. The number of carbonyl (C=O) groups is 2. The van der Waals surface area contributed by atoms with Gasteiger partial charge in [-0.3, -0.25) is 9.59 Å². The van der Waals surface area contributed by atoms with E-state index < -0.39 is 0 Å². The summed E-state index contributed by atoms with van der Waals surface area (Å²) in [4.78, 5) is 23.8. The van der Waals surface area contributed by atoms with Gasteiger partial charge < -0.3 is 20.4 Å². The molecule has 2 aromatic rings. The van der Waals surface area contributed by atoms with Crippen molar-refractivity contribution in [2.75, 3.05) is 17.2 Å². The highest BCUT2D eigenvalue weighted by Gasteiger charge is 2.15. The van der Waals surface area contributed by atoms with E-state index in [1.54, 1.807) is 36.4 Å². The molecule has 1 saturated heterocycles. The summed E-state index contributed by atoms with van der Waals surface area (Å²) in [7, 11) is 0. The minimum absolute atomic E-state index is 0.0103. The number of furan rings is 1. The van der Waals surface area contributed by atoms with Gasteiger partial charge in [-0.25, -0.2) is 0 Å². The summed E-state index contributed by atoms with van der Waals surface area (Å²) in [5, 5.41) is 8.99. The highest BCUT2D eigenvalue weighted by Crippen LogP contribution is 2.16. The van der Waals surface area contributed by atoms with E-state index in [2.05, 4.69) is 16.0 Å². The maximum absolute atomic E-state index is 12.0. The molecular weight excluding hydrogens is 306 g/mol. The van der Waals surface area contributed by atoms with Crippen molar-refractivity contribution in [2.24, 2.45) is 0 Å². The number of amides is 2. The quantitative estimate of drug-likeness (QED) is 0.761. The van der Waals surface area contributed by atoms with Gasteiger partial charge in [0.1, 0.15) is 0 Å². The fourth-order valence-electron chi connectivity index (χ4n) is 2.77. The molecule has 6 heteroatoms. The molecule has 1 aliphatic rings. The molecule has 0 saturated carbocycles. The average Bonchev–Trinajstić information content (AvgIpc) is 3.28. The molecule has 24 heavy (non-hydrogen) atoms. The Morgan fingerprint density at radius 3 is 2.50 bits per heavy atom. The summed E-state index contributed by atoms with van der Waals surface area (Å²) in [6, 6.07) is 10.8. The topological polar surface area (TPSA) is 83.4 Å². The third-order valence-corrected chi connectivity index (χ3v) is 4.05. The highest BCUT2D eigenvalue weighted by atomic mass is 16.3. The van der Waals surface area contributed by atoms with Crippen molar-refractivity contribution in [3.8, 4) is 0 Å². The van der Waals surface area contributed by atoms with Crippen LogP contribution in [-0.2, 0) is 4.79 Å². The minimum Gasteiger partial charge on any atom is -0.459 e. The number of hydrogen-bond acceptors (Lipinski definition) is 4. The first kappa shape index (κ1) is 16.3. The molecule has 0 bridgehead atoms. The molecule has 1 aromatic carbocycles. The zero-order valence-electron chi connectivity index (χ0n) is 13.4. The molecule has 1 atom stereocenters. The highest BCUT2D eigenvalue weighted by molar-refractivity contribution is 6.02. The Morgan fingerprint density at radius 1 is 1.12 bits per heavy atom. The molecule has 1 aromatic heterocycles. The molecule has 0 spiro atoms. The fourth-order valence-corrected chi connectivity index (χ4v) is 2.77. The smallest absolute Gasteiger partial charge is 0.291 e. The van der Waals surface area contributed by atoms with Crippen LogP contribution in [0, 0.1) is 0 Å². The van der Waals surface area contributed by atoms with Crippen LogP contribution in [0.4, 0.5) is 11.4 Å². The summed E-state index contributed by atoms with van der Waals surface area (Å²) in [6.45, 7) is 1.05. The summed E-state index contributed by atoms with van der Waals surface area (Å²) in [5.41, 5.74) is 1.36. The van der Waals surface area contributed by atoms with E-state index in [1.165, 1.54) is 12.7 Å². The van der Waals surface area contributed by atoms with Gasteiger partial charge in [-0.05, 0) is 62.2 Å². The number of carbonyl (C=O) groups excluding carboxylic acids is 2. The number of anilines is 2. The van der Waals surface area contributed by atoms with Crippen LogP contribution < -0.4 is 16.0 Å². The summed E-state index contributed by atoms with van der Waals surface area (Å²) >= 11 is 0. The Hall–Kier alpha value is -2.60. The lowest BCUT2D eigenvalue weighted by molar-refractivity contribution is -0.116. The van der Waals surface area contributed by atoms with Gasteiger partial charge in [-0.1, -0.05) is 0 Å². The lowest BCUT2D eigenvalue weighted by Crippen LogP contribution is -2.23. The average molecular weight is 327 g/mol. The first-order valence-corrected chi connectivity index (χ1v) is 8.19. The largest absolute Gasteiger partial charge is 0.459 e. The number of rotatable bonds is 6. The maximum atomic E-state index is 12.0. The van der Waals surface area contributed by atoms with Gasteiger partial charge >= 0.3 is 0 Å². The van der Waals surface area contributed by atoms with E-state index in [0.717, 1.165) is 25.1 Å². The minimum atomic E-state index is -0.305. The van der Waals surface area contributed by atoms with Gasteiger partial charge in [0.05, 0.1) is 6.26 Å². The van der Waals surface area contributed by atoms with Crippen LogP contribution in [0.1, 0.15) is 36.2 Å². The first-order valence-electron chi connectivity index (χ1n) is 8.19. The van der Waals surface area contributed by atoms with Crippen molar-refractivity contribution in [1.29, 1.82) is 0 Å². The third kappa shape index (κ3) is 4.45. The monoisotopic (exact) mass is 327 g/mol. The van der Waals surface area contributed by atoms with Crippen LogP contribution in [0.3, 0.4) is 0 Å². The van der Waals surface area contributed by atoms with Gasteiger partial charge in [-0.15, -0.1) is 0 Å². The van der Waals surface area contributed by atoms with E-state index in [4.69, 9.17) is 4.42 Å². The summed E-state index contributed by atoms with van der Waals surface area (Å²) < 4.78 is 5.04. The molecule has 1 fully saturated rings. The normalized spacial score (nSPS) is 16.8. The van der Waals surface area contributed by atoms with Crippen LogP contribution in [-0.4, -0.2) is 24.4 Å². The Balaban J connectivity index is 1.47. The lowest BCUT2D eigenvalue weighted by Gasteiger charge is -2.10. The molecule has 1 unspecified atom stereocenters. The molecule has 6 nitrogen and oxygen atoms in total. The Labute approximate surface area is 140 Å². The standard InChI is InChI=1S/C18H21N3O3/c22-17(10-9-13-3-1-11-19-13)20-14-5-7-15(8-6-14)21-18(23)16-4-2-12-24-16/h2,4-8,12-13,19H,1,3,9-11H2,(H,20,22)(H,21,23). The van der Waals surface area contributed by atoms with Crippen molar-refractivity contribution in [2.45, 2.75) is 31.7 Å². The Bertz CT molecular complexity index is 674. The van der Waals surface area contributed by atoms with E-state index in [9.17, 15) is 9.59 Å². The summed E-state index contributed by atoms with van der Waals surface area (Å²) in [6.07, 6.45) is 5.17. The summed E-state index contributed by atoms with van der Waals surface area (Å²) in [5.74, 6) is -0.0372. The number of benzene rings is 1. The van der Waals surface area contributed by atoms with Crippen molar-refractivity contribution in [3.05, 3.63) is 48.4 Å². The maximum Gasteiger partial charge on any atom is 0.291 e. The molecule has 126 valence electrons. The number of hydrogen-bond donors (Lipinski definition) is 3. The predicted molar refractivity (Wildman–Crippen MR) is 92.0 cm³/mol. The van der Waals surface area contributed by atoms with E-state index >= 15 is 0 Å². The van der Waals surface area contributed by atoms with Crippen molar-refractivity contribution in [1.82, 2.24) is 5.32 Å². The molecule has 2 amide bonds. The van der Waals surface area contributed by atoms with Gasteiger partial charge in [0.25, 0.3) is 5.91 Å². The van der Waals surface area contributed by atoms with E-state index in [0.29, 0.717) is 18.2 Å². The molecule has 0 aliphatic carbocycles. The molecule has 0 radical (unpaired) electrons. The Kier molecular flexibility index (Phi) is 5.28. The predicted octanol–water partition coefficient (Wildman–Crippen LogP) is 3.00. The SMILES string of the molecule is O=C(CCC1CCCN1)Nc1ccc(NC(=O)c2ccco2)cc1. The van der Waals surface area contributed by atoms with Gasteiger partial charge in [0, 0.05) is 23.8 Å². The first-order chi connectivity index (χ1) is 11.7. The van der Waals surface area contributed by atoms with E-state index in [1.807, 2.05) is 0 Å². The van der Waals surface area contributed by atoms with Gasteiger partial charge in [0.2, 0.25) is 5.91 Å². The number of nitrogens with one attached hydrogen (secondary N) is 3. The zero-order chi connectivity index (χ0) is 16.8. The molecule has 1 aliphatic heterocycles. The van der Waals surface area contributed by atoms with Crippen LogP contribution >= 0.6 is 0 Å². The molecular formula is C18H21N3O3. The van der Waals surface area contributed by atoms with Crippen LogP contribution in [0.2, 0.25) is 0 Å². The molecule has 3 rings (SSSR count). The van der Waals surface area contributed by atoms with Crippen LogP contribution in [0.25, 0.3) is 0 Å². The van der Waals surface area contributed by atoms with Crippen molar-refractivity contribution >= 4 is 23.2 Å². The lowest BCUT2D eigenvalue weighted by atomic mass is 10.1.